The average molecular weight is 148 g/mol. The first-order valence-electron chi connectivity index (χ1n) is 3.64. The van der Waals surface area contributed by atoms with Gasteiger partial charge in [-0.25, -0.2) is 0 Å². The highest BCUT2D eigenvalue weighted by molar-refractivity contribution is 5.20. The molecule has 1 N–H and O–H groups in total. The Morgan fingerprint density at radius 2 is 1.91 bits per heavy atom. The summed E-state index contributed by atoms with van der Waals surface area (Å²) in [6.45, 7) is 3.80. The number of hydrogen-bond acceptors (Lipinski definition) is 1. The third-order valence-electron chi connectivity index (χ3n) is 1.52. The van der Waals surface area contributed by atoms with Gasteiger partial charge in [-0.15, -0.1) is 0 Å². The minimum absolute atomic E-state index is 0.0783. The molecule has 11 heavy (non-hydrogen) atoms. The normalized spacial score (nSPS) is 9.55. The Morgan fingerprint density at radius 1 is 1.27 bits per heavy atom. The third kappa shape index (κ3) is 2.56. The Morgan fingerprint density at radius 3 is 2.45 bits per heavy atom. The zero-order valence-corrected chi connectivity index (χ0v) is 6.46. The van der Waals surface area contributed by atoms with Crippen LogP contribution in [0.2, 0.25) is 0 Å². The molecule has 0 unspecified atom stereocenters. The van der Waals surface area contributed by atoms with Crippen LogP contribution in [-0.2, 0) is 6.42 Å². The van der Waals surface area contributed by atoms with Gasteiger partial charge in [-0.05, 0) is 17.6 Å². The van der Waals surface area contributed by atoms with Crippen LogP contribution in [0, 0.1) is 0 Å². The van der Waals surface area contributed by atoms with Crippen LogP contribution in [0.25, 0.3) is 0 Å². The lowest BCUT2D eigenvalue weighted by atomic mass is 10.1. The summed E-state index contributed by atoms with van der Waals surface area (Å²) in [5.41, 5.74) is 2.06. The zero-order valence-electron chi connectivity index (χ0n) is 6.46. The second-order valence-electron chi connectivity index (χ2n) is 2.57. The molecule has 0 atom stereocenters. The van der Waals surface area contributed by atoms with Crippen LogP contribution in [0.4, 0.5) is 0 Å². The van der Waals surface area contributed by atoms with Crippen molar-refractivity contribution < 1.29 is 5.11 Å². The third-order valence-corrected chi connectivity index (χ3v) is 1.52. The van der Waals surface area contributed by atoms with Crippen LogP contribution in [0.5, 0.6) is 0 Å². The fourth-order valence-electron chi connectivity index (χ4n) is 0.940. The standard InChI is InChI=1S/C10H12O/c1-9(8-11)7-10-5-3-2-4-6-10/h2-6,11H,1,7-8H2. The Labute approximate surface area is 67.0 Å². The molecule has 0 radical (unpaired) electrons. The summed E-state index contributed by atoms with van der Waals surface area (Å²) in [5.74, 6) is 0. The Bertz CT molecular complexity index is 226. The summed E-state index contributed by atoms with van der Waals surface area (Å²) in [7, 11) is 0. The first kappa shape index (κ1) is 8.02. The van der Waals surface area contributed by atoms with E-state index >= 15 is 0 Å². The topological polar surface area (TPSA) is 20.2 Å². The van der Waals surface area contributed by atoms with Crippen LogP contribution in [0.3, 0.4) is 0 Å². The highest BCUT2D eigenvalue weighted by atomic mass is 16.3. The van der Waals surface area contributed by atoms with Crippen molar-refractivity contribution in [1.82, 2.24) is 0 Å². The van der Waals surface area contributed by atoms with E-state index in [2.05, 4.69) is 6.58 Å². The van der Waals surface area contributed by atoms with E-state index in [1.54, 1.807) is 0 Å². The summed E-state index contributed by atoms with van der Waals surface area (Å²) in [5, 5.41) is 8.70. The molecule has 0 aromatic heterocycles. The quantitative estimate of drug-likeness (QED) is 0.648. The predicted octanol–water partition coefficient (Wildman–Crippen LogP) is 1.78. The van der Waals surface area contributed by atoms with E-state index in [4.69, 9.17) is 5.11 Å². The summed E-state index contributed by atoms with van der Waals surface area (Å²) >= 11 is 0. The molecule has 0 spiro atoms. The van der Waals surface area contributed by atoms with Gasteiger partial charge in [-0.2, -0.15) is 0 Å². The van der Waals surface area contributed by atoms with E-state index < -0.39 is 0 Å². The molecular formula is C10H12O. The second kappa shape index (κ2) is 3.94. The summed E-state index contributed by atoms with van der Waals surface area (Å²) in [4.78, 5) is 0. The maximum Gasteiger partial charge on any atom is 0.0642 e. The summed E-state index contributed by atoms with van der Waals surface area (Å²) in [6, 6.07) is 10.0. The van der Waals surface area contributed by atoms with Crippen LogP contribution < -0.4 is 0 Å². The van der Waals surface area contributed by atoms with Crippen molar-refractivity contribution in [2.75, 3.05) is 6.61 Å². The van der Waals surface area contributed by atoms with Crippen molar-refractivity contribution in [3.8, 4) is 0 Å². The summed E-state index contributed by atoms with van der Waals surface area (Å²) in [6.07, 6.45) is 0.775. The molecule has 0 bridgehead atoms. The van der Waals surface area contributed by atoms with Gasteiger partial charge < -0.3 is 5.11 Å². The van der Waals surface area contributed by atoms with Crippen LogP contribution in [0.1, 0.15) is 5.56 Å². The first-order valence-corrected chi connectivity index (χ1v) is 3.64. The van der Waals surface area contributed by atoms with Crippen LogP contribution in [-0.4, -0.2) is 11.7 Å². The molecule has 0 saturated heterocycles. The molecule has 0 aliphatic rings. The fraction of sp³-hybridized carbons (Fsp3) is 0.200. The minimum atomic E-state index is 0.0783. The summed E-state index contributed by atoms with van der Waals surface area (Å²) < 4.78 is 0. The van der Waals surface area contributed by atoms with Crippen molar-refractivity contribution in [3.05, 3.63) is 48.0 Å². The molecule has 0 heterocycles. The maximum absolute atomic E-state index is 8.70. The molecule has 1 aromatic rings. The molecule has 1 nitrogen and oxygen atoms in total. The second-order valence-corrected chi connectivity index (χ2v) is 2.57. The Kier molecular flexibility index (Phi) is 2.87. The lowest BCUT2D eigenvalue weighted by molar-refractivity contribution is 0.329. The van der Waals surface area contributed by atoms with Crippen LogP contribution >= 0.6 is 0 Å². The van der Waals surface area contributed by atoms with Gasteiger partial charge >= 0.3 is 0 Å². The maximum atomic E-state index is 8.70. The first-order chi connectivity index (χ1) is 5.33. The molecule has 0 aliphatic heterocycles. The van der Waals surface area contributed by atoms with Gasteiger partial charge in [-0.1, -0.05) is 36.9 Å². The molecule has 0 amide bonds. The number of aliphatic hydroxyl groups is 1. The van der Waals surface area contributed by atoms with Gasteiger partial charge in [0.25, 0.3) is 0 Å². The van der Waals surface area contributed by atoms with Gasteiger partial charge in [0.2, 0.25) is 0 Å². The Hall–Kier alpha value is -1.08. The molecule has 1 rings (SSSR count). The molecule has 0 saturated carbocycles. The molecule has 1 heteroatoms. The molecule has 58 valence electrons. The SMILES string of the molecule is C=C(CO)Cc1ccccc1. The lowest BCUT2D eigenvalue weighted by Gasteiger charge is -2.00. The molecule has 1 aromatic carbocycles. The molecule has 0 aliphatic carbocycles. The number of rotatable bonds is 3. The highest BCUT2D eigenvalue weighted by Gasteiger charge is 1.93. The smallest absolute Gasteiger partial charge is 0.0642 e. The lowest BCUT2D eigenvalue weighted by Crippen LogP contribution is -1.92. The zero-order chi connectivity index (χ0) is 8.10. The van der Waals surface area contributed by atoms with Gasteiger partial charge in [0.15, 0.2) is 0 Å². The number of aliphatic hydroxyl groups excluding tert-OH is 1. The van der Waals surface area contributed by atoms with Gasteiger partial charge in [0, 0.05) is 0 Å². The van der Waals surface area contributed by atoms with E-state index in [-0.39, 0.29) is 6.61 Å². The average Bonchev–Trinajstić information content (AvgIpc) is 2.06. The van der Waals surface area contributed by atoms with E-state index in [0.29, 0.717) is 0 Å². The van der Waals surface area contributed by atoms with E-state index in [0.717, 1.165) is 12.0 Å². The minimum Gasteiger partial charge on any atom is -0.392 e. The largest absolute Gasteiger partial charge is 0.392 e. The van der Waals surface area contributed by atoms with Gasteiger partial charge in [-0.3, -0.25) is 0 Å². The van der Waals surface area contributed by atoms with E-state index in [1.165, 1.54) is 5.56 Å². The van der Waals surface area contributed by atoms with E-state index in [1.807, 2.05) is 30.3 Å². The molecule has 0 fully saturated rings. The van der Waals surface area contributed by atoms with Crippen molar-refractivity contribution in [3.63, 3.8) is 0 Å². The van der Waals surface area contributed by atoms with Crippen LogP contribution in [0.15, 0.2) is 42.5 Å². The highest BCUT2D eigenvalue weighted by Crippen LogP contribution is 2.04. The van der Waals surface area contributed by atoms with Crippen molar-refractivity contribution >= 4 is 0 Å². The van der Waals surface area contributed by atoms with E-state index in [9.17, 15) is 0 Å². The van der Waals surface area contributed by atoms with Crippen molar-refractivity contribution in [2.45, 2.75) is 6.42 Å². The number of hydrogen-bond donors (Lipinski definition) is 1. The van der Waals surface area contributed by atoms with Gasteiger partial charge in [0.1, 0.15) is 0 Å². The predicted molar refractivity (Wildman–Crippen MR) is 46.4 cm³/mol. The van der Waals surface area contributed by atoms with Gasteiger partial charge in [0.05, 0.1) is 6.61 Å². The molecular weight excluding hydrogens is 136 g/mol. The monoisotopic (exact) mass is 148 g/mol. The van der Waals surface area contributed by atoms with Crippen molar-refractivity contribution in [2.24, 2.45) is 0 Å². The van der Waals surface area contributed by atoms with Crippen molar-refractivity contribution in [1.29, 1.82) is 0 Å². The number of benzene rings is 1. The fourth-order valence-corrected chi connectivity index (χ4v) is 0.940. The Balaban J connectivity index is 2.58.